The number of thiophene rings is 1. The topological polar surface area (TPSA) is 41.5 Å². The summed E-state index contributed by atoms with van der Waals surface area (Å²) in [7, 11) is 1.60. The Morgan fingerprint density at radius 1 is 1.56 bits per heavy atom. The molecule has 0 spiro atoms. The highest BCUT2D eigenvalue weighted by Crippen LogP contribution is 2.26. The van der Waals surface area contributed by atoms with Gasteiger partial charge in [-0.15, -0.1) is 11.3 Å². The first kappa shape index (κ1) is 13.6. The molecule has 0 aromatic carbocycles. The molecule has 0 aliphatic heterocycles. The summed E-state index contributed by atoms with van der Waals surface area (Å²) in [5.41, 5.74) is 0.112. The predicted molar refractivity (Wildman–Crippen MR) is 68.1 cm³/mol. The number of rotatable bonds is 7. The summed E-state index contributed by atoms with van der Waals surface area (Å²) in [5.74, 6) is 0. The van der Waals surface area contributed by atoms with Crippen molar-refractivity contribution in [3.63, 3.8) is 0 Å². The van der Waals surface area contributed by atoms with Crippen LogP contribution in [0.5, 0.6) is 0 Å². The van der Waals surface area contributed by atoms with Crippen molar-refractivity contribution in [3.05, 3.63) is 22.4 Å². The van der Waals surface area contributed by atoms with Crippen LogP contribution >= 0.6 is 11.3 Å². The lowest BCUT2D eigenvalue weighted by atomic mass is 9.91. The molecule has 3 nitrogen and oxygen atoms in total. The van der Waals surface area contributed by atoms with E-state index >= 15 is 0 Å². The van der Waals surface area contributed by atoms with E-state index in [4.69, 9.17) is 4.74 Å². The molecule has 0 saturated heterocycles. The highest BCUT2D eigenvalue weighted by atomic mass is 32.1. The van der Waals surface area contributed by atoms with Crippen LogP contribution in [0.25, 0.3) is 0 Å². The highest BCUT2D eigenvalue weighted by molar-refractivity contribution is 7.10. The molecule has 0 radical (unpaired) electrons. The lowest BCUT2D eigenvalue weighted by Gasteiger charge is -2.24. The Morgan fingerprint density at radius 2 is 2.31 bits per heavy atom. The van der Waals surface area contributed by atoms with Crippen LogP contribution in [0.1, 0.15) is 18.7 Å². The fourth-order valence-corrected chi connectivity index (χ4v) is 2.41. The van der Waals surface area contributed by atoms with Gasteiger partial charge in [-0.3, -0.25) is 0 Å². The molecular weight excluding hydrogens is 222 g/mol. The van der Waals surface area contributed by atoms with Crippen LogP contribution in [-0.4, -0.2) is 38.0 Å². The van der Waals surface area contributed by atoms with Gasteiger partial charge in [0.05, 0.1) is 12.7 Å². The molecule has 4 heteroatoms. The summed E-state index contributed by atoms with van der Waals surface area (Å²) in [4.78, 5) is 1.36. The second-order valence-corrected chi connectivity index (χ2v) is 5.55. The minimum Gasteiger partial charge on any atom is -0.389 e. The Labute approximate surface area is 101 Å². The number of hydrogen-bond donors (Lipinski definition) is 2. The number of nitrogens with one attached hydrogen (secondary N) is 1. The zero-order chi connectivity index (χ0) is 12.0. The Balaban J connectivity index is 2.32. The summed E-state index contributed by atoms with van der Waals surface area (Å²) < 4.78 is 4.87. The quantitative estimate of drug-likeness (QED) is 0.764. The van der Waals surface area contributed by atoms with Gasteiger partial charge in [-0.25, -0.2) is 0 Å². The van der Waals surface area contributed by atoms with Crippen molar-refractivity contribution < 1.29 is 9.84 Å². The van der Waals surface area contributed by atoms with Gasteiger partial charge >= 0.3 is 0 Å². The third-order valence-corrected chi connectivity index (χ3v) is 3.73. The average molecular weight is 243 g/mol. The van der Waals surface area contributed by atoms with E-state index in [-0.39, 0.29) is 5.41 Å². The fourth-order valence-electron chi connectivity index (χ4n) is 1.55. The minimum atomic E-state index is -0.427. The number of ether oxygens (including phenoxy) is 1. The third-order valence-electron chi connectivity index (χ3n) is 2.49. The van der Waals surface area contributed by atoms with Crippen molar-refractivity contribution in [2.75, 3.05) is 26.8 Å². The van der Waals surface area contributed by atoms with E-state index in [1.165, 1.54) is 4.88 Å². The molecule has 0 aliphatic rings. The maximum atomic E-state index is 9.49. The van der Waals surface area contributed by atoms with Gasteiger partial charge in [0.2, 0.25) is 0 Å². The number of aliphatic hydroxyl groups is 1. The van der Waals surface area contributed by atoms with Crippen molar-refractivity contribution in [3.8, 4) is 0 Å². The lowest BCUT2D eigenvalue weighted by molar-refractivity contribution is 0.0639. The molecule has 2 N–H and O–H groups in total. The first-order valence-corrected chi connectivity index (χ1v) is 6.36. The second-order valence-electron chi connectivity index (χ2n) is 4.60. The van der Waals surface area contributed by atoms with Crippen LogP contribution in [0.3, 0.4) is 0 Å². The largest absolute Gasteiger partial charge is 0.389 e. The Kier molecular flexibility index (Phi) is 5.41. The van der Waals surface area contributed by atoms with Gasteiger partial charge in [-0.2, -0.15) is 0 Å². The SMILES string of the molecule is COCC(O)CNCC(C)(C)c1cccs1. The Morgan fingerprint density at radius 3 is 2.88 bits per heavy atom. The number of aliphatic hydroxyl groups excluding tert-OH is 1. The van der Waals surface area contributed by atoms with Gasteiger partial charge < -0.3 is 15.2 Å². The maximum Gasteiger partial charge on any atom is 0.0897 e. The minimum absolute atomic E-state index is 0.112. The first-order chi connectivity index (χ1) is 7.56. The molecule has 0 saturated carbocycles. The lowest BCUT2D eigenvalue weighted by Crippen LogP contribution is -2.38. The maximum absolute atomic E-state index is 9.49. The molecular formula is C12H21NO2S. The molecule has 0 fully saturated rings. The van der Waals surface area contributed by atoms with Gasteiger partial charge in [0.25, 0.3) is 0 Å². The van der Waals surface area contributed by atoms with Gasteiger partial charge in [0, 0.05) is 30.5 Å². The third kappa shape index (κ3) is 4.22. The summed E-state index contributed by atoms with van der Waals surface area (Å²) in [6.45, 7) is 6.21. The molecule has 1 rings (SSSR count). The van der Waals surface area contributed by atoms with Crippen LogP contribution in [0.2, 0.25) is 0 Å². The van der Waals surface area contributed by atoms with E-state index in [1.807, 2.05) is 0 Å². The average Bonchev–Trinajstić information content (AvgIpc) is 2.71. The molecule has 16 heavy (non-hydrogen) atoms. The highest BCUT2D eigenvalue weighted by Gasteiger charge is 2.21. The Bertz CT molecular complexity index is 285. The van der Waals surface area contributed by atoms with Crippen LogP contribution in [0, 0.1) is 0 Å². The van der Waals surface area contributed by atoms with Crippen molar-refractivity contribution in [1.82, 2.24) is 5.32 Å². The van der Waals surface area contributed by atoms with E-state index in [2.05, 4.69) is 36.7 Å². The van der Waals surface area contributed by atoms with E-state index < -0.39 is 6.10 Å². The normalized spacial score (nSPS) is 14.0. The summed E-state index contributed by atoms with van der Waals surface area (Å²) in [5, 5.41) is 14.9. The van der Waals surface area contributed by atoms with Crippen molar-refractivity contribution in [1.29, 1.82) is 0 Å². The molecule has 1 heterocycles. The van der Waals surface area contributed by atoms with Crippen LogP contribution in [0.15, 0.2) is 17.5 Å². The molecule has 0 bridgehead atoms. The second kappa shape index (κ2) is 6.35. The smallest absolute Gasteiger partial charge is 0.0897 e. The van der Waals surface area contributed by atoms with Gasteiger partial charge in [0.15, 0.2) is 0 Å². The van der Waals surface area contributed by atoms with E-state index in [1.54, 1.807) is 18.4 Å². The zero-order valence-electron chi connectivity index (χ0n) is 10.2. The Hall–Kier alpha value is -0.420. The monoisotopic (exact) mass is 243 g/mol. The van der Waals surface area contributed by atoms with E-state index in [0.29, 0.717) is 13.2 Å². The first-order valence-electron chi connectivity index (χ1n) is 5.48. The summed E-state index contributed by atoms with van der Waals surface area (Å²) in [6.07, 6.45) is -0.427. The summed E-state index contributed by atoms with van der Waals surface area (Å²) in [6, 6.07) is 4.22. The van der Waals surface area contributed by atoms with Crippen molar-refractivity contribution in [2.45, 2.75) is 25.4 Å². The molecule has 1 aromatic heterocycles. The van der Waals surface area contributed by atoms with Gasteiger partial charge in [0.1, 0.15) is 0 Å². The zero-order valence-corrected chi connectivity index (χ0v) is 11.0. The molecule has 1 atom stereocenters. The number of methoxy groups -OCH3 is 1. The molecule has 0 amide bonds. The van der Waals surface area contributed by atoms with Crippen molar-refractivity contribution in [2.24, 2.45) is 0 Å². The number of hydrogen-bond acceptors (Lipinski definition) is 4. The standard InChI is InChI=1S/C12H21NO2S/c1-12(2,11-5-4-6-16-11)9-13-7-10(14)8-15-3/h4-6,10,13-14H,7-9H2,1-3H3. The molecule has 0 aliphatic carbocycles. The molecule has 1 unspecified atom stereocenters. The van der Waals surface area contributed by atoms with E-state index in [0.717, 1.165) is 6.54 Å². The molecule has 1 aromatic rings. The predicted octanol–water partition coefficient (Wildman–Crippen LogP) is 1.62. The van der Waals surface area contributed by atoms with Gasteiger partial charge in [-0.05, 0) is 11.4 Å². The van der Waals surface area contributed by atoms with Crippen molar-refractivity contribution >= 4 is 11.3 Å². The summed E-state index contributed by atoms with van der Waals surface area (Å²) >= 11 is 1.77. The van der Waals surface area contributed by atoms with Crippen LogP contribution in [-0.2, 0) is 10.2 Å². The van der Waals surface area contributed by atoms with Gasteiger partial charge in [-0.1, -0.05) is 19.9 Å². The van der Waals surface area contributed by atoms with E-state index in [9.17, 15) is 5.11 Å². The molecule has 92 valence electrons. The van der Waals surface area contributed by atoms with Crippen LogP contribution < -0.4 is 5.32 Å². The fraction of sp³-hybridized carbons (Fsp3) is 0.667. The van der Waals surface area contributed by atoms with Crippen LogP contribution in [0.4, 0.5) is 0 Å².